The summed E-state index contributed by atoms with van der Waals surface area (Å²) in [6.07, 6.45) is 3.59. The Morgan fingerprint density at radius 3 is 2.96 bits per heavy atom. The first kappa shape index (κ1) is 16.9. The molecule has 2 aromatic rings. The SMILES string of the molecule is Cc1cc(N2CCC(C)C2)cn2nc(C34CC(CO)(CO3)C4C(=O)O)nc12. The minimum Gasteiger partial charge on any atom is -0.481 e. The lowest BCUT2D eigenvalue weighted by Crippen LogP contribution is -2.58. The minimum absolute atomic E-state index is 0.199. The lowest BCUT2D eigenvalue weighted by Gasteiger charge is -2.47. The van der Waals surface area contributed by atoms with E-state index >= 15 is 0 Å². The van der Waals surface area contributed by atoms with Crippen molar-refractivity contribution in [2.24, 2.45) is 17.3 Å². The summed E-state index contributed by atoms with van der Waals surface area (Å²) in [6.45, 7) is 6.34. The molecule has 4 fully saturated rings. The second-order valence-corrected chi connectivity index (χ2v) is 8.57. The normalized spacial score (nSPS) is 35.0. The number of nitrogens with zero attached hydrogens (tertiary/aromatic N) is 4. The third kappa shape index (κ3) is 2.14. The monoisotopic (exact) mass is 372 g/mol. The Bertz CT molecular complexity index is 943. The van der Waals surface area contributed by atoms with Crippen LogP contribution in [0.5, 0.6) is 0 Å². The Morgan fingerprint density at radius 1 is 1.48 bits per heavy atom. The Hall–Kier alpha value is -2.19. The fraction of sp³-hybridized carbons (Fsp3) is 0.632. The number of anilines is 1. The first-order chi connectivity index (χ1) is 12.9. The van der Waals surface area contributed by atoms with E-state index < -0.39 is 22.9 Å². The lowest BCUT2D eigenvalue weighted by atomic mass is 9.54. The van der Waals surface area contributed by atoms with Crippen molar-refractivity contribution in [3.63, 3.8) is 0 Å². The van der Waals surface area contributed by atoms with Gasteiger partial charge in [0.2, 0.25) is 0 Å². The number of rotatable bonds is 4. The predicted molar refractivity (Wildman–Crippen MR) is 96.6 cm³/mol. The molecule has 27 heavy (non-hydrogen) atoms. The van der Waals surface area contributed by atoms with Gasteiger partial charge in [-0.2, -0.15) is 0 Å². The summed E-state index contributed by atoms with van der Waals surface area (Å²) in [4.78, 5) is 18.9. The molecule has 0 amide bonds. The molecule has 4 unspecified atom stereocenters. The second kappa shape index (κ2) is 5.42. The number of aliphatic hydroxyl groups excluding tert-OH is 1. The zero-order valence-electron chi connectivity index (χ0n) is 15.6. The molecule has 4 aliphatic rings. The van der Waals surface area contributed by atoms with E-state index in [1.165, 1.54) is 6.42 Å². The molecule has 3 aliphatic heterocycles. The number of aliphatic carboxylic acids is 1. The topological polar surface area (TPSA) is 100 Å². The Morgan fingerprint density at radius 2 is 2.30 bits per heavy atom. The van der Waals surface area contributed by atoms with E-state index in [2.05, 4.69) is 28.0 Å². The van der Waals surface area contributed by atoms with Crippen LogP contribution in [0.3, 0.4) is 0 Å². The van der Waals surface area contributed by atoms with Gasteiger partial charge in [0.25, 0.3) is 0 Å². The molecule has 8 heteroatoms. The van der Waals surface area contributed by atoms with Crippen molar-refractivity contribution < 1.29 is 19.7 Å². The number of ether oxygens (including phenoxy) is 1. The van der Waals surface area contributed by atoms with Crippen LogP contribution in [0, 0.1) is 24.2 Å². The average Bonchev–Trinajstić information content (AvgIpc) is 3.34. The van der Waals surface area contributed by atoms with Gasteiger partial charge in [-0.05, 0) is 37.3 Å². The van der Waals surface area contributed by atoms with Crippen molar-refractivity contribution in [1.29, 1.82) is 0 Å². The van der Waals surface area contributed by atoms with Crippen LogP contribution in [-0.4, -0.2) is 57.1 Å². The van der Waals surface area contributed by atoms with E-state index in [-0.39, 0.29) is 13.2 Å². The number of pyridine rings is 1. The third-order valence-corrected chi connectivity index (χ3v) is 6.64. The summed E-state index contributed by atoms with van der Waals surface area (Å²) < 4.78 is 7.64. The summed E-state index contributed by atoms with van der Waals surface area (Å²) in [5.41, 5.74) is 1.08. The van der Waals surface area contributed by atoms with Crippen molar-refractivity contribution in [2.75, 3.05) is 31.2 Å². The molecule has 2 bridgehead atoms. The van der Waals surface area contributed by atoms with E-state index in [1.54, 1.807) is 4.52 Å². The molecule has 1 saturated carbocycles. The number of aryl methyl sites for hydroxylation is 1. The Kier molecular flexibility index (Phi) is 3.40. The Labute approximate surface area is 156 Å². The highest BCUT2D eigenvalue weighted by Gasteiger charge is 2.75. The van der Waals surface area contributed by atoms with Crippen LogP contribution < -0.4 is 4.90 Å². The second-order valence-electron chi connectivity index (χ2n) is 8.57. The highest BCUT2D eigenvalue weighted by molar-refractivity contribution is 5.76. The molecule has 0 aromatic carbocycles. The molecule has 0 spiro atoms. The molecule has 144 valence electrons. The number of aromatic nitrogens is 3. The molecule has 1 aliphatic carbocycles. The summed E-state index contributed by atoms with van der Waals surface area (Å²) >= 11 is 0. The van der Waals surface area contributed by atoms with E-state index in [4.69, 9.17) is 4.74 Å². The smallest absolute Gasteiger partial charge is 0.310 e. The van der Waals surface area contributed by atoms with Gasteiger partial charge in [-0.3, -0.25) is 4.79 Å². The van der Waals surface area contributed by atoms with Gasteiger partial charge in [-0.1, -0.05) is 6.92 Å². The molecular formula is C19H24N4O4. The van der Waals surface area contributed by atoms with Crippen LogP contribution in [-0.2, 0) is 15.1 Å². The molecule has 6 rings (SSSR count). The molecule has 5 heterocycles. The van der Waals surface area contributed by atoms with Crippen LogP contribution in [0.25, 0.3) is 5.65 Å². The van der Waals surface area contributed by atoms with Gasteiger partial charge in [0.15, 0.2) is 11.5 Å². The number of carboxylic acids is 1. The average molecular weight is 372 g/mol. The van der Waals surface area contributed by atoms with E-state index in [9.17, 15) is 15.0 Å². The van der Waals surface area contributed by atoms with E-state index in [0.717, 1.165) is 30.0 Å². The molecular weight excluding hydrogens is 348 g/mol. The fourth-order valence-electron chi connectivity index (χ4n) is 5.21. The van der Waals surface area contributed by atoms with Crippen molar-refractivity contribution in [3.8, 4) is 0 Å². The highest BCUT2D eigenvalue weighted by atomic mass is 16.5. The van der Waals surface area contributed by atoms with Gasteiger partial charge in [-0.25, -0.2) is 9.50 Å². The first-order valence-corrected chi connectivity index (χ1v) is 9.49. The van der Waals surface area contributed by atoms with Crippen molar-refractivity contribution >= 4 is 17.3 Å². The van der Waals surface area contributed by atoms with E-state index in [1.807, 2.05) is 13.1 Å². The Balaban J connectivity index is 1.56. The van der Waals surface area contributed by atoms with Gasteiger partial charge < -0.3 is 19.8 Å². The number of hydrogen-bond donors (Lipinski definition) is 2. The maximum Gasteiger partial charge on any atom is 0.310 e. The van der Waals surface area contributed by atoms with Crippen LogP contribution >= 0.6 is 0 Å². The number of fused-ring (bicyclic) bond motifs is 2. The minimum atomic E-state index is -1.03. The summed E-state index contributed by atoms with van der Waals surface area (Å²) in [6, 6.07) is 2.12. The van der Waals surface area contributed by atoms with Gasteiger partial charge in [-0.15, -0.1) is 5.10 Å². The van der Waals surface area contributed by atoms with E-state index in [0.29, 0.717) is 18.2 Å². The third-order valence-electron chi connectivity index (χ3n) is 6.64. The van der Waals surface area contributed by atoms with Gasteiger partial charge >= 0.3 is 5.97 Å². The van der Waals surface area contributed by atoms with Crippen LogP contribution in [0.1, 0.15) is 31.2 Å². The first-order valence-electron chi connectivity index (χ1n) is 9.49. The number of hydrogen-bond acceptors (Lipinski definition) is 6. The summed E-state index contributed by atoms with van der Waals surface area (Å²) in [5.74, 6) is -0.691. The molecule has 2 N–H and O–H groups in total. The largest absolute Gasteiger partial charge is 0.481 e. The number of carbonyl (C=O) groups is 1. The zero-order valence-corrected chi connectivity index (χ0v) is 15.6. The quantitative estimate of drug-likeness (QED) is 0.831. The number of aliphatic hydroxyl groups is 1. The molecule has 8 nitrogen and oxygen atoms in total. The molecule has 0 radical (unpaired) electrons. The fourth-order valence-corrected chi connectivity index (χ4v) is 5.21. The van der Waals surface area contributed by atoms with Crippen molar-refractivity contribution in [1.82, 2.24) is 14.6 Å². The molecule has 2 aromatic heterocycles. The standard InChI is InChI=1S/C19H24N4O4/c1-11-3-4-22(6-11)13-5-12(2)15-20-17(21-23(15)7-13)19-8-18(9-24,10-27-19)14(19)16(25)26/h5,7,11,14,24H,3-4,6,8-10H2,1-2H3,(H,25,26). The van der Waals surface area contributed by atoms with Gasteiger partial charge in [0.1, 0.15) is 11.5 Å². The summed E-state index contributed by atoms with van der Waals surface area (Å²) in [5, 5.41) is 24.1. The molecule has 3 saturated heterocycles. The van der Waals surface area contributed by atoms with Gasteiger partial charge in [0.05, 0.1) is 25.1 Å². The molecule has 4 atom stereocenters. The van der Waals surface area contributed by atoms with Crippen molar-refractivity contribution in [3.05, 3.63) is 23.7 Å². The highest BCUT2D eigenvalue weighted by Crippen LogP contribution is 2.66. The maximum atomic E-state index is 11.9. The van der Waals surface area contributed by atoms with Crippen LogP contribution in [0.2, 0.25) is 0 Å². The van der Waals surface area contributed by atoms with Gasteiger partial charge in [0, 0.05) is 18.5 Å². The van der Waals surface area contributed by atoms with Crippen LogP contribution in [0.4, 0.5) is 5.69 Å². The number of carboxylic acid groups (broad SMARTS) is 1. The zero-order chi connectivity index (χ0) is 19.0. The van der Waals surface area contributed by atoms with Crippen molar-refractivity contribution in [2.45, 2.75) is 32.3 Å². The maximum absolute atomic E-state index is 11.9. The van der Waals surface area contributed by atoms with Crippen LogP contribution in [0.15, 0.2) is 12.3 Å². The lowest BCUT2D eigenvalue weighted by molar-refractivity contribution is -0.173. The predicted octanol–water partition coefficient (Wildman–Crippen LogP) is 1.19. The summed E-state index contributed by atoms with van der Waals surface area (Å²) in [7, 11) is 0.